The maximum Gasteiger partial charge on any atom is 0.155 e. The van der Waals surface area contributed by atoms with Crippen LogP contribution in [0.3, 0.4) is 0 Å². The zero-order valence-electron chi connectivity index (χ0n) is 12.8. The molecule has 1 aliphatic heterocycles. The monoisotopic (exact) mass is 296 g/mol. The molecule has 3 aromatic heterocycles. The molecule has 114 valence electrons. The molecule has 0 saturated carbocycles. The van der Waals surface area contributed by atoms with Gasteiger partial charge in [0.1, 0.15) is 0 Å². The van der Waals surface area contributed by atoms with Gasteiger partial charge in [-0.05, 0) is 32.0 Å². The average molecular weight is 296 g/mol. The molecule has 0 amide bonds. The summed E-state index contributed by atoms with van der Waals surface area (Å²) >= 11 is 0. The van der Waals surface area contributed by atoms with Crippen molar-refractivity contribution in [2.45, 2.75) is 25.3 Å². The highest BCUT2D eigenvalue weighted by atomic mass is 15.3. The van der Waals surface area contributed by atoms with Crippen molar-refractivity contribution in [2.24, 2.45) is 7.05 Å². The van der Waals surface area contributed by atoms with E-state index in [0.29, 0.717) is 5.92 Å². The van der Waals surface area contributed by atoms with Crippen LogP contribution in [0.1, 0.15) is 30.1 Å². The molecule has 4 heterocycles. The van der Waals surface area contributed by atoms with Crippen LogP contribution in [-0.4, -0.2) is 42.1 Å². The zero-order chi connectivity index (χ0) is 14.9. The summed E-state index contributed by atoms with van der Waals surface area (Å²) in [5, 5.41) is 4.41. The van der Waals surface area contributed by atoms with Gasteiger partial charge in [-0.15, -0.1) is 0 Å². The van der Waals surface area contributed by atoms with E-state index in [1.807, 2.05) is 40.9 Å². The lowest BCUT2D eigenvalue weighted by Crippen LogP contribution is -2.33. The van der Waals surface area contributed by atoms with E-state index in [1.165, 1.54) is 5.69 Å². The maximum atomic E-state index is 4.42. The summed E-state index contributed by atoms with van der Waals surface area (Å²) in [5.74, 6) is 0.561. The van der Waals surface area contributed by atoms with Crippen molar-refractivity contribution in [1.82, 2.24) is 29.0 Å². The summed E-state index contributed by atoms with van der Waals surface area (Å²) in [4.78, 5) is 11.3. The molecule has 0 aliphatic carbocycles. The molecule has 0 atom stereocenters. The standard InChI is InChI=1S/C16H20N6/c1-20-10-14(18-12-20)11-21-8-4-13(5-9-21)15-2-6-17-16-3-7-19-22(15)16/h2-3,6-7,10,12-13H,4-5,8-9,11H2,1H3. The Hall–Kier alpha value is -2.21. The normalized spacial score (nSPS) is 17.3. The Kier molecular flexibility index (Phi) is 3.38. The molecule has 0 N–H and O–H groups in total. The van der Waals surface area contributed by atoms with Crippen LogP contribution < -0.4 is 0 Å². The topological polar surface area (TPSA) is 51.2 Å². The van der Waals surface area contributed by atoms with Crippen LogP contribution in [0.15, 0.2) is 37.1 Å². The Labute approximate surface area is 129 Å². The third-order valence-corrected chi connectivity index (χ3v) is 4.47. The SMILES string of the molecule is Cn1cnc(CN2CCC(c3ccnc4ccnn34)CC2)c1. The predicted octanol–water partition coefficient (Wildman–Crippen LogP) is 1.84. The Morgan fingerprint density at radius 1 is 1.14 bits per heavy atom. The van der Waals surface area contributed by atoms with Gasteiger partial charge in [-0.3, -0.25) is 4.90 Å². The van der Waals surface area contributed by atoms with Crippen LogP contribution in [0.4, 0.5) is 0 Å². The van der Waals surface area contributed by atoms with Crippen molar-refractivity contribution in [2.75, 3.05) is 13.1 Å². The smallest absolute Gasteiger partial charge is 0.155 e. The van der Waals surface area contributed by atoms with Crippen molar-refractivity contribution in [3.05, 3.63) is 48.4 Å². The Morgan fingerprint density at radius 3 is 2.77 bits per heavy atom. The van der Waals surface area contributed by atoms with Crippen molar-refractivity contribution < 1.29 is 0 Å². The summed E-state index contributed by atoms with van der Waals surface area (Å²) in [6.45, 7) is 3.15. The van der Waals surface area contributed by atoms with Crippen LogP contribution in [-0.2, 0) is 13.6 Å². The molecule has 4 rings (SSSR count). The van der Waals surface area contributed by atoms with Gasteiger partial charge in [0.25, 0.3) is 0 Å². The van der Waals surface area contributed by atoms with E-state index >= 15 is 0 Å². The number of aryl methyl sites for hydroxylation is 1. The lowest BCUT2D eigenvalue weighted by Gasteiger charge is -2.31. The summed E-state index contributed by atoms with van der Waals surface area (Å²) in [6.07, 6.45) is 10.0. The minimum absolute atomic E-state index is 0.561. The number of nitrogens with zero attached hydrogens (tertiary/aromatic N) is 6. The first-order chi connectivity index (χ1) is 10.8. The molecular formula is C16H20N6. The second kappa shape index (κ2) is 5.53. The van der Waals surface area contributed by atoms with Gasteiger partial charge >= 0.3 is 0 Å². The fourth-order valence-corrected chi connectivity index (χ4v) is 3.33. The van der Waals surface area contributed by atoms with Crippen molar-refractivity contribution in [3.8, 4) is 0 Å². The summed E-state index contributed by atoms with van der Waals surface area (Å²) in [6, 6.07) is 4.07. The van der Waals surface area contributed by atoms with E-state index < -0.39 is 0 Å². The highest BCUT2D eigenvalue weighted by Crippen LogP contribution is 2.28. The molecular weight excluding hydrogens is 276 g/mol. The van der Waals surface area contributed by atoms with Gasteiger partial charge in [-0.25, -0.2) is 14.5 Å². The molecule has 0 radical (unpaired) electrons. The van der Waals surface area contributed by atoms with Crippen LogP contribution >= 0.6 is 0 Å². The minimum Gasteiger partial charge on any atom is -0.340 e. The van der Waals surface area contributed by atoms with Crippen molar-refractivity contribution in [1.29, 1.82) is 0 Å². The third kappa shape index (κ3) is 2.50. The van der Waals surface area contributed by atoms with Gasteiger partial charge in [-0.1, -0.05) is 0 Å². The molecule has 0 bridgehead atoms. The zero-order valence-corrected chi connectivity index (χ0v) is 12.8. The summed E-state index contributed by atoms with van der Waals surface area (Å²) < 4.78 is 3.99. The van der Waals surface area contributed by atoms with Crippen molar-refractivity contribution >= 4 is 5.65 Å². The van der Waals surface area contributed by atoms with E-state index in [0.717, 1.165) is 43.8 Å². The highest BCUT2D eigenvalue weighted by Gasteiger charge is 2.23. The predicted molar refractivity (Wildman–Crippen MR) is 83.4 cm³/mol. The van der Waals surface area contributed by atoms with E-state index in [4.69, 9.17) is 0 Å². The number of fused-ring (bicyclic) bond motifs is 1. The minimum atomic E-state index is 0.561. The number of likely N-dealkylation sites (tertiary alicyclic amines) is 1. The first-order valence-electron chi connectivity index (χ1n) is 7.77. The molecule has 6 nitrogen and oxygen atoms in total. The van der Waals surface area contributed by atoms with Crippen LogP contribution in [0.25, 0.3) is 5.65 Å². The van der Waals surface area contributed by atoms with E-state index in [9.17, 15) is 0 Å². The Morgan fingerprint density at radius 2 is 2.00 bits per heavy atom. The molecule has 0 unspecified atom stereocenters. The van der Waals surface area contributed by atoms with Gasteiger partial charge < -0.3 is 4.57 Å². The largest absolute Gasteiger partial charge is 0.340 e. The fraction of sp³-hybridized carbons (Fsp3) is 0.438. The first kappa shape index (κ1) is 13.5. The van der Waals surface area contributed by atoms with Crippen molar-refractivity contribution in [3.63, 3.8) is 0 Å². The van der Waals surface area contributed by atoms with Crippen LogP contribution in [0.5, 0.6) is 0 Å². The molecule has 1 saturated heterocycles. The molecule has 22 heavy (non-hydrogen) atoms. The number of hydrogen-bond donors (Lipinski definition) is 0. The number of piperidine rings is 1. The van der Waals surface area contributed by atoms with E-state index in [-0.39, 0.29) is 0 Å². The lowest BCUT2D eigenvalue weighted by molar-refractivity contribution is 0.200. The number of imidazole rings is 1. The highest BCUT2D eigenvalue weighted by molar-refractivity contribution is 5.37. The molecule has 0 aromatic carbocycles. The average Bonchev–Trinajstić information content (AvgIpc) is 3.16. The van der Waals surface area contributed by atoms with Gasteiger partial charge in [0.2, 0.25) is 0 Å². The molecule has 6 heteroatoms. The Balaban J connectivity index is 1.44. The third-order valence-electron chi connectivity index (χ3n) is 4.47. The van der Waals surface area contributed by atoms with Crippen LogP contribution in [0, 0.1) is 0 Å². The molecule has 1 fully saturated rings. The maximum absolute atomic E-state index is 4.42. The molecule has 1 aliphatic rings. The van der Waals surface area contributed by atoms with Gasteiger partial charge in [-0.2, -0.15) is 5.10 Å². The van der Waals surface area contributed by atoms with Gasteiger partial charge in [0, 0.05) is 43.7 Å². The number of hydrogen-bond acceptors (Lipinski definition) is 4. The second-order valence-corrected chi connectivity index (χ2v) is 6.05. The fourth-order valence-electron chi connectivity index (χ4n) is 3.33. The van der Waals surface area contributed by atoms with Gasteiger partial charge in [0.05, 0.1) is 18.2 Å². The summed E-state index contributed by atoms with van der Waals surface area (Å²) in [7, 11) is 2.02. The van der Waals surface area contributed by atoms with Gasteiger partial charge in [0.15, 0.2) is 5.65 Å². The first-order valence-corrected chi connectivity index (χ1v) is 7.77. The summed E-state index contributed by atoms with van der Waals surface area (Å²) in [5.41, 5.74) is 3.38. The number of aromatic nitrogens is 5. The quantitative estimate of drug-likeness (QED) is 0.740. The van der Waals surface area contributed by atoms with E-state index in [2.05, 4.69) is 32.2 Å². The Bertz CT molecular complexity index is 766. The van der Waals surface area contributed by atoms with E-state index in [1.54, 1.807) is 0 Å². The second-order valence-electron chi connectivity index (χ2n) is 6.05. The number of rotatable bonds is 3. The molecule has 3 aromatic rings. The molecule has 0 spiro atoms. The van der Waals surface area contributed by atoms with Crippen LogP contribution in [0.2, 0.25) is 0 Å². The lowest BCUT2D eigenvalue weighted by atomic mass is 9.93.